The van der Waals surface area contributed by atoms with Gasteiger partial charge in [0.1, 0.15) is 6.54 Å². The number of nitrogens with one attached hydrogen (secondary N) is 1. The number of hydrogen-bond donors (Lipinski definition) is 1. The summed E-state index contributed by atoms with van der Waals surface area (Å²) in [5, 5.41) is 2.55. The van der Waals surface area contributed by atoms with Crippen LogP contribution in [0.1, 0.15) is 28.4 Å². The maximum Gasteiger partial charge on any atom is 0.326 e. The fourth-order valence-corrected chi connectivity index (χ4v) is 3.51. The van der Waals surface area contributed by atoms with E-state index in [-0.39, 0.29) is 18.4 Å². The van der Waals surface area contributed by atoms with Crippen molar-refractivity contribution in [3.63, 3.8) is 0 Å². The van der Waals surface area contributed by atoms with Gasteiger partial charge in [-0.15, -0.1) is 0 Å². The van der Waals surface area contributed by atoms with Gasteiger partial charge in [-0.3, -0.25) is 14.4 Å². The fraction of sp³-hybridized carbons (Fsp3) is 0.375. The predicted molar refractivity (Wildman–Crippen MR) is 119 cm³/mol. The molecule has 1 saturated heterocycles. The zero-order chi connectivity index (χ0) is 22.4. The number of ether oxygens (including phenoxy) is 1. The quantitative estimate of drug-likeness (QED) is 0.722. The van der Waals surface area contributed by atoms with Crippen LogP contribution in [0.2, 0.25) is 0 Å². The van der Waals surface area contributed by atoms with Crippen molar-refractivity contribution in [3.8, 4) is 0 Å². The molecular formula is C24H29N3O4. The Kier molecular flexibility index (Phi) is 7.28. The molecular weight excluding hydrogens is 394 g/mol. The third kappa shape index (κ3) is 5.84. The van der Waals surface area contributed by atoms with E-state index in [0.717, 1.165) is 29.9 Å². The molecule has 31 heavy (non-hydrogen) atoms. The maximum absolute atomic E-state index is 12.6. The van der Waals surface area contributed by atoms with Crippen LogP contribution in [0.5, 0.6) is 0 Å². The van der Waals surface area contributed by atoms with Gasteiger partial charge in [-0.2, -0.15) is 0 Å². The maximum atomic E-state index is 12.6. The van der Waals surface area contributed by atoms with Crippen molar-refractivity contribution in [2.24, 2.45) is 0 Å². The highest BCUT2D eigenvalue weighted by Gasteiger charge is 2.27. The first-order valence-electron chi connectivity index (χ1n) is 10.5. The van der Waals surface area contributed by atoms with Crippen LogP contribution < -0.4 is 10.2 Å². The second-order valence-electron chi connectivity index (χ2n) is 7.76. The summed E-state index contributed by atoms with van der Waals surface area (Å²) in [5.41, 5.74) is 3.71. The summed E-state index contributed by atoms with van der Waals surface area (Å²) in [6.45, 7) is 7.75. The minimum absolute atomic E-state index is 0.221. The molecule has 1 fully saturated rings. The highest BCUT2D eigenvalue weighted by atomic mass is 16.5. The molecule has 2 aromatic rings. The van der Waals surface area contributed by atoms with Crippen LogP contribution in [0.3, 0.4) is 0 Å². The van der Waals surface area contributed by atoms with E-state index in [1.54, 1.807) is 24.0 Å². The Morgan fingerprint density at radius 2 is 1.65 bits per heavy atom. The van der Waals surface area contributed by atoms with Crippen LogP contribution in [0, 0.1) is 13.8 Å². The number of amides is 2. The van der Waals surface area contributed by atoms with E-state index >= 15 is 0 Å². The van der Waals surface area contributed by atoms with E-state index in [0.29, 0.717) is 18.7 Å². The molecule has 0 saturated carbocycles. The average molecular weight is 424 g/mol. The lowest BCUT2D eigenvalue weighted by Crippen LogP contribution is -2.52. The van der Waals surface area contributed by atoms with Crippen molar-refractivity contribution >= 4 is 23.5 Å². The molecule has 2 amide bonds. The normalized spacial score (nSPS) is 14.7. The van der Waals surface area contributed by atoms with Crippen molar-refractivity contribution < 1.29 is 19.1 Å². The van der Waals surface area contributed by atoms with E-state index in [1.807, 2.05) is 50.2 Å². The number of rotatable bonds is 6. The van der Waals surface area contributed by atoms with Crippen LogP contribution >= 0.6 is 0 Å². The van der Waals surface area contributed by atoms with Crippen molar-refractivity contribution in [3.05, 3.63) is 65.2 Å². The largest absolute Gasteiger partial charge is 0.451 e. The van der Waals surface area contributed by atoms with Gasteiger partial charge in [0.25, 0.3) is 11.8 Å². The summed E-state index contributed by atoms with van der Waals surface area (Å²) >= 11 is 0. The lowest BCUT2D eigenvalue weighted by atomic mass is 10.1. The van der Waals surface area contributed by atoms with Crippen molar-refractivity contribution in [2.75, 3.05) is 37.6 Å². The van der Waals surface area contributed by atoms with E-state index in [4.69, 9.17) is 4.74 Å². The summed E-state index contributed by atoms with van der Waals surface area (Å²) < 4.78 is 5.25. The smallest absolute Gasteiger partial charge is 0.326 e. The van der Waals surface area contributed by atoms with Crippen LogP contribution in [0.25, 0.3) is 0 Å². The average Bonchev–Trinajstić information content (AvgIpc) is 2.79. The number of aryl methyl sites for hydroxylation is 2. The Hall–Kier alpha value is -3.35. The molecule has 1 aliphatic heterocycles. The second kappa shape index (κ2) is 10.1. The Labute approximate surface area is 183 Å². The summed E-state index contributed by atoms with van der Waals surface area (Å²) in [6, 6.07) is 15.4. The lowest BCUT2D eigenvalue weighted by molar-refractivity contribution is -0.158. The Morgan fingerprint density at radius 3 is 2.29 bits per heavy atom. The SMILES string of the molecule is Cc1ccc(C(=O)NCC(=O)O[C@H](C)C(=O)N2CCN(c3ccccc3)CC2)cc1C. The van der Waals surface area contributed by atoms with E-state index in [1.165, 1.54) is 0 Å². The van der Waals surface area contributed by atoms with Gasteiger partial charge in [0.05, 0.1) is 0 Å². The van der Waals surface area contributed by atoms with Gasteiger partial charge >= 0.3 is 5.97 Å². The molecule has 0 aromatic heterocycles. The molecule has 7 nitrogen and oxygen atoms in total. The third-order valence-corrected chi connectivity index (χ3v) is 5.53. The van der Waals surface area contributed by atoms with Crippen molar-refractivity contribution in [1.29, 1.82) is 0 Å². The van der Waals surface area contributed by atoms with Crippen molar-refractivity contribution in [1.82, 2.24) is 10.2 Å². The zero-order valence-electron chi connectivity index (χ0n) is 18.3. The minimum atomic E-state index is -0.894. The van der Waals surface area contributed by atoms with Gasteiger partial charge in [0.15, 0.2) is 6.10 Å². The number of nitrogens with zero attached hydrogens (tertiary/aromatic N) is 2. The first-order chi connectivity index (χ1) is 14.8. The van der Waals surface area contributed by atoms with Crippen LogP contribution in [0.4, 0.5) is 5.69 Å². The minimum Gasteiger partial charge on any atom is -0.451 e. The molecule has 3 rings (SSSR count). The first-order valence-corrected chi connectivity index (χ1v) is 10.5. The molecule has 2 aromatic carbocycles. The molecule has 0 radical (unpaired) electrons. The Morgan fingerprint density at radius 1 is 0.968 bits per heavy atom. The van der Waals surface area contributed by atoms with Crippen molar-refractivity contribution in [2.45, 2.75) is 26.9 Å². The number of piperazine rings is 1. The van der Waals surface area contributed by atoms with E-state index in [2.05, 4.69) is 10.2 Å². The van der Waals surface area contributed by atoms with Crippen LogP contribution in [-0.4, -0.2) is 61.5 Å². The molecule has 0 unspecified atom stereocenters. The number of benzene rings is 2. The number of anilines is 1. The lowest BCUT2D eigenvalue weighted by Gasteiger charge is -2.37. The third-order valence-electron chi connectivity index (χ3n) is 5.53. The molecule has 1 heterocycles. The monoisotopic (exact) mass is 423 g/mol. The fourth-order valence-electron chi connectivity index (χ4n) is 3.51. The molecule has 0 aliphatic carbocycles. The molecule has 0 bridgehead atoms. The standard InChI is InChI=1S/C24H29N3O4/c1-17-9-10-20(15-18(17)2)23(29)25-16-22(28)31-19(3)24(30)27-13-11-26(12-14-27)21-7-5-4-6-8-21/h4-10,15,19H,11-14,16H2,1-3H3,(H,25,29)/t19-/m1/s1. The Balaban J connectivity index is 1.43. The topological polar surface area (TPSA) is 78.9 Å². The Bertz CT molecular complexity index is 937. The summed E-state index contributed by atoms with van der Waals surface area (Å²) in [5.74, 6) is -1.21. The van der Waals surface area contributed by atoms with E-state index < -0.39 is 12.1 Å². The molecule has 1 aliphatic rings. The highest BCUT2D eigenvalue weighted by Crippen LogP contribution is 2.16. The van der Waals surface area contributed by atoms with E-state index in [9.17, 15) is 14.4 Å². The van der Waals surface area contributed by atoms with Gasteiger partial charge in [-0.1, -0.05) is 24.3 Å². The molecule has 1 N–H and O–H groups in total. The van der Waals surface area contributed by atoms with Crippen LogP contribution in [0.15, 0.2) is 48.5 Å². The molecule has 164 valence electrons. The van der Waals surface area contributed by atoms with Gasteiger partial charge in [-0.25, -0.2) is 0 Å². The second-order valence-corrected chi connectivity index (χ2v) is 7.76. The summed E-state index contributed by atoms with van der Waals surface area (Å²) in [4.78, 5) is 40.9. The number of esters is 1. The zero-order valence-corrected chi connectivity index (χ0v) is 18.3. The summed E-state index contributed by atoms with van der Waals surface area (Å²) in [7, 11) is 0. The van der Waals surface area contributed by atoms with Gasteiger partial charge in [-0.05, 0) is 56.2 Å². The van der Waals surface area contributed by atoms with Gasteiger partial charge in [0.2, 0.25) is 0 Å². The van der Waals surface area contributed by atoms with Crippen LogP contribution in [-0.2, 0) is 14.3 Å². The van der Waals surface area contributed by atoms with Gasteiger partial charge in [0, 0.05) is 37.4 Å². The predicted octanol–water partition coefficient (Wildman–Crippen LogP) is 2.31. The number of para-hydroxylation sites is 1. The summed E-state index contributed by atoms with van der Waals surface area (Å²) in [6.07, 6.45) is -0.894. The number of carbonyl (C=O) groups excluding carboxylic acids is 3. The molecule has 7 heteroatoms. The molecule has 1 atom stereocenters. The van der Waals surface area contributed by atoms with Gasteiger partial charge < -0.3 is 19.9 Å². The number of hydrogen-bond acceptors (Lipinski definition) is 5. The number of carbonyl (C=O) groups is 3. The first kappa shape index (κ1) is 22.3. The highest BCUT2D eigenvalue weighted by molar-refractivity contribution is 5.96. The molecule has 0 spiro atoms.